The van der Waals surface area contributed by atoms with Gasteiger partial charge in [-0.05, 0) is 71.6 Å². The molecule has 0 radical (unpaired) electrons. The maximum Gasteiger partial charge on any atom is 0.454 e. The molecule has 2 saturated carbocycles. The van der Waals surface area contributed by atoms with Gasteiger partial charge in [-0.3, -0.25) is 9.59 Å². The first-order chi connectivity index (χ1) is 18.5. The lowest BCUT2D eigenvalue weighted by Gasteiger charge is -2.07. The van der Waals surface area contributed by atoms with Crippen LogP contribution in [0.15, 0.2) is 50.7 Å². The molecule has 14 heteroatoms. The van der Waals surface area contributed by atoms with Crippen LogP contribution < -0.4 is 0 Å². The number of ether oxygens (including phenoxy) is 2. The Hall–Kier alpha value is -2.26. The van der Waals surface area contributed by atoms with Gasteiger partial charge in [0.1, 0.15) is 0 Å². The Labute approximate surface area is 244 Å². The number of esters is 2. The summed E-state index contributed by atoms with van der Waals surface area (Å²) < 4.78 is 55.7. The fraction of sp³-hybridized carbons (Fsp3) is 0.462. The minimum Gasteiger partial charge on any atom is -0.469 e. The first-order valence-electron chi connectivity index (χ1n) is 12.4. The Morgan fingerprint density at radius 2 is 1.25 bits per heavy atom. The van der Waals surface area contributed by atoms with Crippen LogP contribution in [-0.2, 0) is 51.6 Å². The minimum absolute atomic E-state index is 0.0540. The lowest BCUT2D eigenvalue weighted by atomic mass is 9.84. The molecule has 2 aromatic carbocycles. The summed E-state index contributed by atoms with van der Waals surface area (Å²) in [5.74, 6) is -0.104. The van der Waals surface area contributed by atoms with Gasteiger partial charge in [0.2, 0.25) is 0 Å². The molecule has 40 heavy (non-hydrogen) atoms. The third-order valence-electron chi connectivity index (χ3n) is 6.02. The second-order valence-corrected chi connectivity index (χ2v) is 14.7. The fourth-order valence-electron chi connectivity index (χ4n) is 3.46. The molecule has 2 aliphatic carbocycles. The lowest BCUT2D eigenvalue weighted by molar-refractivity contribution is -0.140. The number of hydrogen-bond acceptors (Lipinski definition) is 10. The number of hydrogen-bond donors (Lipinski definition) is 2. The molecule has 0 aromatic heterocycles. The number of methoxy groups -OCH3 is 2. The Morgan fingerprint density at radius 3 is 1.60 bits per heavy atom. The van der Waals surface area contributed by atoms with Crippen molar-refractivity contribution < 1.29 is 45.9 Å². The van der Waals surface area contributed by atoms with Crippen LogP contribution in [0.5, 0.6) is 0 Å². The highest BCUT2D eigenvalue weighted by molar-refractivity contribution is 9.10. The number of carbonyl (C=O) groups excluding carboxylic acids is 2. The zero-order valence-electron chi connectivity index (χ0n) is 22.8. The van der Waals surface area contributed by atoms with E-state index < -0.39 is 32.8 Å². The van der Waals surface area contributed by atoms with E-state index in [1.54, 1.807) is 18.2 Å². The average Bonchev–Trinajstić information content (AvgIpc) is 3.76. The smallest absolute Gasteiger partial charge is 0.454 e. The highest BCUT2D eigenvalue weighted by Crippen LogP contribution is 2.41. The van der Waals surface area contributed by atoms with E-state index in [0.29, 0.717) is 21.5 Å². The maximum atomic E-state index is 11.6. The molecule has 2 fully saturated rings. The fourth-order valence-corrected chi connectivity index (χ4v) is 5.58. The zero-order chi connectivity index (χ0) is 30.3. The summed E-state index contributed by atoms with van der Waals surface area (Å²) in [6.07, 6.45) is 6.64. The van der Waals surface area contributed by atoms with Crippen LogP contribution in [0.3, 0.4) is 0 Å². The Morgan fingerprint density at radius 1 is 0.800 bits per heavy atom. The molecule has 2 aromatic rings. The van der Waals surface area contributed by atoms with Crippen LogP contribution in [0, 0.1) is 0 Å². The van der Waals surface area contributed by atoms with E-state index in [1.165, 1.54) is 32.6 Å². The molecule has 4 rings (SSSR count). The second kappa shape index (κ2) is 14.6. The van der Waals surface area contributed by atoms with Crippen molar-refractivity contribution in [2.75, 3.05) is 26.7 Å². The average molecular weight is 661 g/mol. The van der Waals surface area contributed by atoms with Gasteiger partial charge in [0.25, 0.3) is 0 Å². The Bertz CT molecular complexity index is 1420. The standard InChI is InChI=1S/C13H16O4S.C10H11BrO4S.C3H7BO2/c1-17-13(14)7-9-5-11(10-3-4-10)8-12(6-9)18(2,15)16;1-15-10(12)5-7-3-8(11)6-9(4-7)16(2,13)14;5-4(6)3-1-2-3/h5-6,8,10H,3-4,7H2,1-2H3;3-4,6H,5H2,1-2H3;3,5-6H,1-2H2. The van der Waals surface area contributed by atoms with E-state index >= 15 is 0 Å². The van der Waals surface area contributed by atoms with Crippen molar-refractivity contribution in [3.05, 3.63) is 57.6 Å². The lowest BCUT2D eigenvalue weighted by Crippen LogP contribution is -2.09. The predicted molar refractivity (Wildman–Crippen MR) is 153 cm³/mol. The Balaban J connectivity index is 0.000000233. The van der Waals surface area contributed by atoms with Crippen LogP contribution in [0.2, 0.25) is 5.82 Å². The molecule has 0 bridgehead atoms. The highest BCUT2D eigenvalue weighted by Gasteiger charge is 2.33. The summed E-state index contributed by atoms with van der Waals surface area (Å²) in [7, 11) is -4.94. The Kier molecular flexibility index (Phi) is 12.4. The van der Waals surface area contributed by atoms with Crippen molar-refractivity contribution in [3.63, 3.8) is 0 Å². The summed E-state index contributed by atoms with van der Waals surface area (Å²) in [4.78, 5) is 22.8. The van der Waals surface area contributed by atoms with Crippen molar-refractivity contribution in [2.45, 2.75) is 60.1 Å². The summed E-state index contributed by atoms with van der Waals surface area (Å²) in [5, 5.41) is 16.5. The topological polar surface area (TPSA) is 161 Å². The molecule has 2 aliphatic rings. The monoisotopic (exact) mass is 660 g/mol. The second-order valence-electron chi connectivity index (χ2n) is 9.78. The highest BCUT2D eigenvalue weighted by atomic mass is 79.9. The molecule has 0 aliphatic heterocycles. The van der Waals surface area contributed by atoms with Crippen molar-refractivity contribution in [2.24, 2.45) is 0 Å². The van der Waals surface area contributed by atoms with Gasteiger partial charge in [-0.2, -0.15) is 0 Å². The molecule has 10 nitrogen and oxygen atoms in total. The summed E-state index contributed by atoms with van der Waals surface area (Å²) in [5.41, 5.74) is 2.31. The van der Waals surface area contributed by atoms with E-state index in [4.69, 9.17) is 10.0 Å². The van der Waals surface area contributed by atoms with Crippen molar-refractivity contribution in [3.8, 4) is 0 Å². The number of carbonyl (C=O) groups is 2. The molecular weight excluding hydrogens is 627 g/mol. The van der Waals surface area contributed by atoms with Gasteiger partial charge in [-0.1, -0.05) is 34.8 Å². The molecule has 0 unspecified atom stereocenters. The number of halogens is 1. The third kappa shape index (κ3) is 12.1. The molecule has 0 saturated heterocycles. The first kappa shape index (κ1) is 33.9. The van der Waals surface area contributed by atoms with E-state index in [-0.39, 0.29) is 34.4 Å². The molecule has 0 heterocycles. The molecule has 0 spiro atoms. The van der Waals surface area contributed by atoms with Gasteiger partial charge in [0.15, 0.2) is 19.7 Å². The van der Waals surface area contributed by atoms with Gasteiger partial charge >= 0.3 is 19.1 Å². The zero-order valence-corrected chi connectivity index (χ0v) is 26.0. The quantitative estimate of drug-likeness (QED) is 0.318. The number of benzene rings is 2. The van der Waals surface area contributed by atoms with Gasteiger partial charge in [-0.25, -0.2) is 16.8 Å². The molecule has 2 N–H and O–H groups in total. The van der Waals surface area contributed by atoms with Gasteiger partial charge < -0.3 is 19.5 Å². The van der Waals surface area contributed by atoms with E-state index in [9.17, 15) is 26.4 Å². The maximum absolute atomic E-state index is 11.6. The van der Waals surface area contributed by atoms with Crippen LogP contribution in [0.25, 0.3) is 0 Å². The van der Waals surface area contributed by atoms with Crippen LogP contribution in [-0.4, -0.2) is 72.7 Å². The molecule has 0 atom stereocenters. The van der Waals surface area contributed by atoms with E-state index in [0.717, 1.165) is 37.5 Å². The summed E-state index contributed by atoms with van der Waals surface area (Å²) >= 11 is 3.20. The summed E-state index contributed by atoms with van der Waals surface area (Å²) in [6, 6.07) is 9.83. The number of rotatable bonds is 8. The van der Waals surface area contributed by atoms with Crippen molar-refractivity contribution in [1.29, 1.82) is 0 Å². The van der Waals surface area contributed by atoms with Crippen LogP contribution >= 0.6 is 15.9 Å². The van der Waals surface area contributed by atoms with E-state index in [2.05, 4.69) is 25.4 Å². The van der Waals surface area contributed by atoms with Gasteiger partial charge in [0, 0.05) is 17.0 Å². The SMILES string of the molecule is COC(=O)Cc1cc(Br)cc(S(C)(=O)=O)c1.COC(=O)Cc1cc(C2CC2)cc(S(C)(=O)=O)c1.OB(O)C1CC1. The van der Waals surface area contributed by atoms with Crippen molar-refractivity contribution in [1.82, 2.24) is 0 Å². The minimum atomic E-state index is -3.27. The number of sulfone groups is 2. The normalized spacial score (nSPS) is 14.6. The van der Waals surface area contributed by atoms with Crippen LogP contribution in [0.1, 0.15) is 48.3 Å². The molecule has 0 amide bonds. The third-order valence-corrected chi connectivity index (χ3v) is 8.66. The predicted octanol–water partition coefficient (Wildman–Crippen LogP) is 2.87. The van der Waals surface area contributed by atoms with Crippen LogP contribution in [0.4, 0.5) is 0 Å². The van der Waals surface area contributed by atoms with Gasteiger partial charge in [-0.15, -0.1) is 0 Å². The molecular formula is C26H34BBrO10S2. The van der Waals surface area contributed by atoms with Gasteiger partial charge in [0.05, 0.1) is 36.9 Å². The largest absolute Gasteiger partial charge is 0.469 e. The molecule has 220 valence electrons. The van der Waals surface area contributed by atoms with E-state index in [1.807, 2.05) is 6.07 Å². The summed E-state index contributed by atoms with van der Waals surface area (Å²) in [6.45, 7) is 0. The van der Waals surface area contributed by atoms with Crippen molar-refractivity contribution >= 4 is 54.7 Å². The first-order valence-corrected chi connectivity index (χ1v) is 16.9.